The Kier molecular flexibility index (Phi) is 6.44. The number of carbonyl (C=O) groups excluding carboxylic acids is 2. The van der Waals surface area contributed by atoms with E-state index in [2.05, 4.69) is 5.32 Å². The number of hydrogen-bond donors (Lipinski definition) is 1. The first kappa shape index (κ1) is 18.1. The van der Waals surface area contributed by atoms with Crippen LogP contribution < -0.4 is 10.2 Å². The van der Waals surface area contributed by atoms with Crippen molar-refractivity contribution in [3.63, 3.8) is 0 Å². The summed E-state index contributed by atoms with van der Waals surface area (Å²) >= 11 is 1.51. The predicted molar refractivity (Wildman–Crippen MR) is 101 cm³/mol. The second-order valence-electron chi connectivity index (χ2n) is 5.38. The van der Waals surface area contributed by atoms with Gasteiger partial charge in [0.1, 0.15) is 0 Å². The van der Waals surface area contributed by atoms with E-state index in [1.54, 1.807) is 4.90 Å². The molecule has 1 unspecified atom stereocenters. The van der Waals surface area contributed by atoms with E-state index in [0.717, 1.165) is 16.3 Å². The minimum Gasteiger partial charge on any atom is -0.326 e. The van der Waals surface area contributed by atoms with Crippen molar-refractivity contribution in [2.75, 3.05) is 16.8 Å². The third-order valence-corrected chi connectivity index (χ3v) is 4.58. The lowest BCUT2D eigenvalue weighted by molar-refractivity contribution is -0.118. The first-order valence-electron chi connectivity index (χ1n) is 7.92. The molecule has 0 aliphatic rings. The smallest absolute Gasteiger partial charge is 0.240 e. The monoisotopic (exact) mass is 342 g/mol. The topological polar surface area (TPSA) is 49.4 Å². The molecule has 126 valence electrons. The van der Waals surface area contributed by atoms with Crippen LogP contribution in [0.25, 0.3) is 0 Å². The number of rotatable bonds is 6. The molecular weight excluding hydrogens is 320 g/mol. The molecule has 0 aliphatic heterocycles. The van der Waals surface area contributed by atoms with E-state index in [9.17, 15) is 9.59 Å². The Balaban J connectivity index is 2.04. The van der Waals surface area contributed by atoms with Crippen molar-refractivity contribution in [3.8, 4) is 0 Å². The molecule has 2 rings (SSSR count). The molecule has 0 radical (unpaired) electrons. The Bertz CT molecular complexity index is 686. The van der Waals surface area contributed by atoms with Gasteiger partial charge in [-0.15, -0.1) is 11.8 Å². The molecule has 24 heavy (non-hydrogen) atoms. The molecule has 4 nitrogen and oxygen atoms in total. The molecule has 2 aromatic carbocycles. The van der Waals surface area contributed by atoms with Crippen LogP contribution in [0.3, 0.4) is 0 Å². The van der Waals surface area contributed by atoms with Gasteiger partial charge in [-0.1, -0.05) is 18.2 Å². The molecule has 0 heterocycles. The Hall–Kier alpha value is -2.27. The highest BCUT2D eigenvalue weighted by molar-refractivity contribution is 8.00. The van der Waals surface area contributed by atoms with Gasteiger partial charge in [0.25, 0.3) is 0 Å². The fraction of sp³-hybridized carbons (Fsp3) is 0.263. The number of para-hydroxylation sites is 1. The van der Waals surface area contributed by atoms with E-state index in [-0.39, 0.29) is 17.1 Å². The molecule has 1 atom stereocenters. The second-order valence-corrected chi connectivity index (χ2v) is 6.80. The van der Waals surface area contributed by atoms with Gasteiger partial charge >= 0.3 is 0 Å². The van der Waals surface area contributed by atoms with E-state index < -0.39 is 0 Å². The summed E-state index contributed by atoms with van der Waals surface area (Å²) in [6, 6.07) is 17.2. The Morgan fingerprint density at radius 1 is 1.08 bits per heavy atom. The molecule has 0 bridgehead atoms. The maximum Gasteiger partial charge on any atom is 0.240 e. The normalized spacial score (nSPS) is 11.6. The second kappa shape index (κ2) is 8.55. The number of anilines is 2. The van der Waals surface area contributed by atoms with Crippen LogP contribution in [0.2, 0.25) is 0 Å². The van der Waals surface area contributed by atoms with Gasteiger partial charge in [0.2, 0.25) is 11.8 Å². The fourth-order valence-corrected chi connectivity index (χ4v) is 3.30. The molecule has 1 N–H and O–H groups in total. The number of nitrogens with one attached hydrogen (secondary N) is 1. The minimum absolute atomic E-state index is 0.0830. The number of hydrogen-bond acceptors (Lipinski definition) is 3. The lowest BCUT2D eigenvalue weighted by Gasteiger charge is -2.24. The van der Waals surface area contributed by atoms with Crippen LogP contribution in [0.4, 0.5) is 11.4 Å². The zero-order valence-electron chi connectivity index (χ0n) is 14.2. The Labute approximate surface area is 147 Å². The average molecular weight is 342 g/mol. The standard InChI is InChI=1S/C19H22N2O2S/c1-4-21(17-8-6-5-7-9-17)19(23)14(2)24-18-12-10-16(11-13-18)20-15(3)22/h5-14H,4H2,1-3H3,(H,20,22). The molecule has 2 amide bonds. The lowest BCUT2D eigenvalue weighted by atomic mass is 10.2. The SMILES string of the molecule is CCN(C(=O)C(C)Sc1ccc(NC(C)=O)cc1)c1ccccc1. The van der Waals surface area contributed by atoms with Crippen LogP contribution in [0, 0.1) is 0 Å². The highest BCUT2D eigenvalue weighted by atomic mass is 32.2. The predicted octanol–water partition coefficient (Wildman–Crippen LogP) is 4.18. The van der Waals surface area contributed by atoms with Crippen molar-refractivity contribution in [1.29, 1.82) is 0 Å². The summed E-state index contributed by atoms with van der Waals surface area (Å²) in [6.07, 6.45) is 0. The van der Waals surface area contributed by atoms with Crippen LogP contribution in [-0.4, -0.2) is 23.6 Å². The summed E-state index contributed by atoms with van der Waals surface area (Å²) in [5.41, 5.74) is 1.67. The highest BCUT2D eigenvalue weighted by Gasteiger charge is 2.21. The van der Waals surface area contributed by atoms with E-state index in [1.807, 2.05) is 68.4 Å². The van der Waals surface area contributed by atoms with Crippen molar-refractivity contribution in [1.82, 2.24) is 0 Å². The summed E-state index contributed by atoms with van der Waals surface area (Å²) in [5, 5.41) is 2.54. The van der Waals surface area contributed by atoms with Gasteiger partial charge < -0.3 is 10.2 Å². The van der Waals surface area contributed by atoms with E-state index in [4.69, 9.17) is 0 Å². The number of carbonyl (C=O) groups is 2. The number of thioether (sulfide) groups is 1. The molecule has 2 aromatic rings. The highest BCUT2D eigenvalue weighted by Crippen LogP contribution is 2.27. The van der Waals surface area contributed by atoms with E-state index in [0.29, 0.717) is 6.54 Å². The number of benzene rings is 2. The van der Waals surface area contributed by atoms with Gasteiger partial charge in [0.05, 0.1) is 5.25 Å². The molecule has 0 fully saturated rings. The van der Waals surface area contributed by atoms with E-state index >= 15 is 0 Å². The third kappa shape index (κ3) is 4.86. The first-order valence-corrected chi connectivity index (χ1v) is 8.80. The minimum atomic E-state index is -0.197. The summed E-state index contributed by atoms with van der Waals surface area (Å²) in [5.74, 6) is -0.0139. The molecule has 0 saturated carbocycles. The van der Waals surface area contributed by atoms with Gasteiger partial charge in [-0.05, 0) is 50.2 Å². The van der Waals surface area contributed by atoms with Gasteiger partial charge in [-0.2, -0.15) is 0 Å². The van der Waals surface area contributed by atoms with E-state index in [1.165, 1.54) is 18.7 Å². The third-order valence-electron chi connectivity index (χ3n) is 3.49. The summed E-state index contributed by atoms with van der Waals surface area (Å²) in [7, 11) is 0. The average Bonchev–Trinajstić information content (AvgIpc) is 2.57. The van der Waals surface area contributed by atoms with Gasteiger partial charge in [-0.3, -0.25) is 9.59 Å². The largest absolute Gasteiger partial charge is 0.326 e. The van der Waals surface area contributed by atoms with Crippen LogP contribution in [0.5, 0.6) is 0 Å². The van der Waals surface area contributed by atoms with Crippen molar-refractivity contribution < 1.29 is 9.59 Å². The molecule has 0 aromatic heterocycles. The van der Waals surface area contributed by atoms with Crippen molar-refractivity contribution in [2.45, 2.75) is 30.9 Å². The molecule has 5 heteroatoms. The molecule has 0 saturated heterocycles. The summed E-state index contributed by atoms with van der Waals surface area (Å²) in [6.45, 7) is 6.01. The molecular formula is C19H22N2O2S. The van der Waals surface area contributed by atoms with Crippen LogP contribution in [-0.2, 0) is 9.59 Å². The van der Waals surface area contributed by atoms with Gasteiger partial charge in [-0.25, -0.2) is 0 Å². The maximum absolute atomic E-state index is 12.7. The van der Waals surface area contributed by atoms with Gasteiger partial charge in [0, 0.05) is 29.7 Å². The zero-order valence-corrected chi connectivity index (χ0v) is 15.0. The van der Waals surface area contributed by atoms with Crippen LogP contribution in [0.15, 0.2) is 59.5 Å². The number of amides is 2. The summed E-state index contributed by atoms with van der Waals surface area (Å²) < 4.78 is 0. The summed E-state index contributed by atoms with van der Waals surface area (Å²) in [4.78, 5) is 26.6. The van der Waals surface area contributed by atoms with Crippen LogP contribution in [0.1, 0.15) is 20.8 Å². The quantitative estimate of drug-likeness (QED) is 0.801. The Morgan fingerprint density at radius 3 is 2.25 bits per heavy atom. The molecule has 0 spiro atoms. The van der Waals surface area contributed by atoms with Crippen molar-refractivity contribution in [3.05, 3.63) is 54.6 Å². The first-order chi connectivity index (χ1) is 11.5. The lowest BCUT2D eigenvalue weighted by Crippen LogP contribution is -2.36. The van der Waals surface area contributed by atoms with Crippen LogP contribution >= 0.6 is 11.8 Å². The fourth-order valence-electron chi connectivity index (χ4n) is 2.37. The van der Waals surface area contributed by atoms with Crippen molar-refractivity contribution in [2.24, 2.45) is 0 Å². The Morgan fingerprint density at radius 2 is 1.71 bits per heavy atom. The van der Waals surface area contributed by atoms with Crippen molar-refractivity contribution >= 4 is 35.0 Å². The number of nitrogens with zero attached hydrogens (tertiary/aromatic N) is 1. The zero-order chi connectivity index (χ0) is 17.5. The molecule has 0 aliphatic carbocycles. The van der Waals surface area contributed by atoms with Gasteiger partial charge in [0.15, 0.2) is 0 Å². The maximum atomic E-state index is 12.7.